The van der Waals surface area contributed by atoms with Crippen molar-refractivity contribution in [3.63, 3.8) is 0 Å². The van der Waals surface area contributed by atoms with Crippen molar-refractivity contribution in [2.45, 2.75) is 46.1 Å². The fourth-order valence-electron chi connectivity index (χ4n) is 2.12. The van der Waals surface area contributed by atoms with Crippen molar-refractivity contribution in [2.75, 3.05) is 6.54 Å². The molecule has 0 atom stereocenters. The Morgan fingerprint density at radius 3 is 2.48 bits per heavy atom. The van der Waals surface area contributed by atoms with Gasteiger partial charge in [-0.05, 0) is 56.9 Å². The molecule has 0 fully saturated rings. The lowest BCUT2D eigenvalue weighted by Gasteiger charge is -2.19. The summed E-state index contributed by atoms with van der Waals surface area (Å²) in [6.45, 7) is 7.99. The molecule has 0 unspecified atom stereocenters. The fraction of sp³-hybridized carbons (Fsp3) is 0.400. The first-order valence-corrected chi connectivity index (χ1v) is 8.35. The lowest BCUT2D eigenvalue weighted by atomic mass is 10.0. The highest BCUT2D eigenvalue weighted by molar-refractivity contribution is 5.69. The summed E-state index contributed by atoms with van der Waals surface area (Å²) < 4.78 is 5.17. The summed E-state index contributed by atoms with van der Waals surface area (Å²) in [5.41, 5.74) is 2.35. The molecule has 5 nitrogen and oxygen atoms in total. The van der Waals surface area contributed by atoms with E-state index >= 15 is 0 Å². The number of carbonyl (C=O) groups excluding carboxylic acids is 2. The lowest BCUT2D eigenvalue weighted by Crippen LogP contribution is -2.32. The second-order valence-electron chi connectivity index (χ2n) is 6.45. The van der Waals surface area contributed by atoms with Crippen molar-refractivity contribution >= 4 is 23.4 Å². The highest BCUT2D eigenvalue weighted by Gasteiger charge is 2.14. The van der Waals surface area contributed by atoms with Gasteiger partial charge in [-0.25, -0.2) is 9.59 Å². The molecule has 1 aromatic carbocycles. The van der Waals surface area contributed by atoms with Crippen molar-refractivity contribution in [3.05, 3.63) is 48.1 Å². The number of allylic oxidation sites excluding steroid dienone is 3. The highest BCUT2D eigenvalue weighted by Crippen LogP contribution is 2.22. The van der Waals surface area contributed by atoms with Crippen molar-refractivity contribution in [3.8, 4) is 0 Å². The number of isocyanates is 1. The normalized spacial score (nSPS) is 11.9. The second kappa shape index (κ2) is 10.3. The number of nitrogens with zero attached hydrogens (tertiary/aromatic N) is 1. The predicted molar refractivity (Wildman–Crippen MR) is 100 cm³/mol. The van der Waals surface area contributed by atoms with Crippen LogP contribution in [0.2, 0.25) is 0 Å². The van der Waals surface area contributed by atoms with E-state index < -0.39 is 11.7 Å². The SMILES string of the molecule is CC/C=C(\C/C=C\CNC(=O)OC(C)(C)C)c1ccc(N=C=O)cc1. The third kappa shape index (κ3) is 8.68. The quantitative estimate of drug-likeness (QED) is 0.434. The molecule has 0 heterocycles. The molecule has 25 heavy (non-hydrogen) atoms. The van der Waals surface area contributed by atoms with Gasteiger partial charge in [-0.2, -0.15) is 4.99 Å². The maximum Gasteiger partial charge on any atom is 0.407 e. The van der Waals surface area contributed by atoms with Gasteiger partial charge in [0.2, 0.25) is 6.08 Å². The number of ether oxygens (including phenoxy) is 1. The zero-order valence-electron chi connectivity index (χ0n) is 15.3. The summed E-state index contributed by atoms with van der Waals surface area (Å²) in [4.78, 5) is 25.4. The number of benzene rings is 1. The Morgan fingerprint density at radius 2 is 1.92 bits per heavy atom. The van der Waals surface area contributed by atoms with E-state index in [1.165, 1.54) is 11.7 Å². The van der Waals surface area contributed by atoms with Gasteiger partial charge in [-0.3, -0.25) is 0 Å². The maximum absolute atomic E-state index is 11.6. The Morgan fingerprint density at radius 1 is 1.24 bits per heavy atom. The first-order chi connectivity index (χ1) is 11.9. The van der Waals surface area contributed by atoms with Crippen LogP contribution in [0.25, 0.3) is 5.57 Å². The summed E-state index contributed by atoms with van der Waals surface area (Å²) in [7, 11) is 0. The van der Waals surface area contributed by atoms with Gasteiger partial charge < -0.3 is 10.1 Å². The molecular weight excluding hydrogens is 316 g/mol. The minimum absolute atomic E-state index is 0.418. The zero-order valence-corrected chi connectivity index (χ0v) is 15.3. The van der Waals surface area contributed by atoms with Crippen LogP contribution < -0.4 is 5.32 Å². The van der Waals surface area contributed by atoms with E-state index in [2.05, 4.69) is 23.3 Å². The molecule has 1 rings (SSSR count). The van der Waals surface area contributed by atoms with Crippen LogP contribution in [0.4, 0.5) is 10.5 Å². The van der Waals surface area contributed by atoms with Gasteiger partial charge in [0.15, 0.2) is 0 Å². The number of aliphatic imine (C=N–C) groups is 1. The van der Waals surface area contributed by atoms with Gasteiger partial charge in [-0.15, -0.1) is 0 Å². The van der Waals surface area contributed by atoms with Crippen LogP contribution in [-0.4, -0.2) is 24.3 Å². The van der Waals surface area contributed by atoms with Crippen LogP contribution in [0.15, 0.2) is 47.5 Å². The third-order valence-corrected chi connectivity index (χ3v) is 3.13. The van der Waals surface area contributed by atoms with E-state index in [9.17, 15) is 9.59 Å². The minimum atomic E-state index is -0.495. The highest BCUT2D eigenvalue weighted by atomic mass is 16.6. The molecule has 0 bridgehead atoms. The van der Waals surface area contributed by atoms with Gasteiger partial charge in [0.25, 0.3) is 0 Å². The number of nitrogens with one attached hydrogen (secondary N) is 1. The van der Waals surface area contributed by atoms with E-state index in [1.54, 1.807) is 12.1 Å². The molecule has 0 aliphatic heterocycles. The smallest absolute Gasteiger partial charge is 0.407 e. The average Bonchev–Trinajstić information content (AvgIpc) is 2.53. The van der Waals surface area contributed by atoms with Gasteiger partial charge >= 0.3 is 6.09 Å². The number of hydrogen-bond donors (Lipinski definition) is 1. The lowest BCUT2D eigenvalue weighted by molar-refractivity contribution is 0.0534. The summed E-state index contributed by atoms with van der Waals surface area (Å²) in [6, 6.07) is 7.45. The van der Waals surface area contributed by atoms with Crippen LogP contribution in [0, 0.1) is 0 Å². The van der Waals surface area contributed by atoms with Crippen LogP contribution in [-0.2, 0) is 9.53 Å². The molecule has 134 valence electrons. The summed E-state index contributed by atoms with van der Waals surface area (Å²) in [6.07, 6.45) is 8.85. The fourth-order valence-corrected chi connectivity index (χ4v) is 2.12. The molecule has 0 saturated carbocycles. The van der Waals surface area contributed by atoms with E-state index in [-0.39, 0.29) is 0 Å². The largest absolute Gasteiger partial charge is 0.444 e. The molecule has 0 aliphatic carbocycles. The molecule has 1 N–H and O–H groups in total. The Balaban J connectivity index is 2.57. The summed E-state index contributed by atoms with van der Waals surface area (Å²) in [5.74, 6) is 0. The average molecular weight is 342 g/mol. The number of amides is 1. The number of rotatable bonds is 7. The zero-order chi connectivity index (χ0) is 18.7. The van der Waals surface area contributed by atoms with E-state index in [0.29, 0.717) is 12.2 Å². The van der Waals surface area contributed by atoms with Crippen molar-refractivity contribution in [2.24, 2.45) is 4.99 Å². The van der Waals surface area contributed by atoms with Crippen LogP contribution in [0.5, 0.6) is 0 Å². The van der Waals surface area contributed by atoms with Crippen LogP contribution in [0.3, 0.4) is 0 Å². The van der Waals surface area contributed by atoms with Gasteiger partial charge in [0.05, 0.1) is 5.69 Å². The first-order valence-electron chi connectivity index (χ1n) is 8.35. The van der Waals surface area contributed by atoms with E-state index in [1.807, 2.05) is 45.1 Å². The van der Waals surface area contributed by atoms with E-state index in [0.717, 1.165) is 18.4 Å². The molecule has 0 radical (unpaired) electrons. The molecule has 1 aromatic rings. The Labute approximate surface area is 149 Å². The number of carbonyl (C=O) groups is 1. The number of alkyl carbamates (subject to hydrolysis) is 1. The Hall–Kier alpha value is -2.65. The number of hydrogen-bond acceptors (Lipinski definition) is 4. The summed E-state index contributed by atoms with van der Waals surface area (Å²) in [5, 5.41) is 2.69. The maximum atomic E-state index is 11.6. The van der Waals surface area contributed by atoms with Crippen molar-refractivity contribution < 1.29 is 14.3 Å². The van der Waals surface area contributed by atoms with Crippen molar-refractivity contribution in [1.29, 1.82) is 0 Å². The molecule has 0 aromatic heterocycles. The third-order valence-electron chi connectivity index (χ3n) is 3.13. The van der Waals surface area contributed by atoms with Crippen LogP contribution >= 0.6 is 0 Å². The first kappa shape index (κ1) is 20.4. The predicted octanol–water partition coefficient (Wildman–Crippen LogP) is 4.92. The Bertz CT molecular complexity index is 661. The van der Waals surface area contributed by atoms with Gasteiger partial charge in [0, 0.05) is 6.54 Å². The molecule has 1 amide bonds. The molecule has 0 aliphatic rings. The second-order valence-corrected chi connectivity index (χ2v) is 6.45. The van der Waals surface area contributed by atoms with E-state index in [4.69, 9.17) is 4.74 Å². The van der Waals surface area contributed by atoms with Crippen molar-refractivity contribution in [1.82, 2.24) is 5.32 Å². The minimum Gasteiger partial charge on any atom is -0.444 e. The molecule has 0 saturated heterocycles. The molecule has 0 spiro atoms. The van der Waals surface area contributed by atoms with Crippen LogP contribution in [0.1, 0.15) is 46.1 Å². The summed E-state index contributed by atoms with van der Waals surface area (Å²) >= 11 is 0. The monoisotopic (exact) mass is 342 g/mol. The molecular formula is C20H26N2O3. The molecule has 5 heteroatoms. The Kier molecular flexibility index (Phi) is 8.37. The van der Waals surface area contributed by atoms with Gasteiger partial charge in [-0.1, -0.05) is 37.3 Å². The standard InChI is InChI=1S/C20H26N2O3/c1-5-8-16(17-10-12-18(13-11-17)22-15-23)9-6-7-14-21-19(24)25-20(2,3)4/h6-8,10-13H,5,9,14H2,1-4H3,(H,21,24)/b7-6-,16-8+. The van der Waals surface area contributed by atoms with Gasteiger partial charge in [0.1, 0.15) is 5.60 Å². The topological polar surface area (TPSA) is 67.8 Å².